The molecule has 0 aliphatic carbocycles. The molecule has 2 aromatic heterocycles. The van der Waals surface area contributed by atoms with Gasteiger partial charge in [-0.15, -0.1) is 0 Å². The number of nitrogens with zero attached hydrogens (tertiary/aromatic N) is 2. The molecular weight excluding hydrogens is 382 g/mol. The first kappa shape index (κ1) is 19.2. The van der Waals surface area contributed by atoms with Gasteiger partial charge in [0.1, 0.15) is 23.8 Å². The van der Waals surface area contributed by atoms with E-state index in [9.17, 15) is 9.59 Å². The van der Waals surface area contributed by atoms with E-state index in [-0.39, 0.29) is 24.7 Å². The predicted molar refractivity (Wildman–Crippen MR) is 113 cm³/mol. The van der Waals surface area contributed by atoms with E-state index in [0.717, 1.165) is 0 Å². The van der Waals surface area contributed by atoms with Crippen LogP contribution in [0, 0.1) is 0 Å². The van der Waals surface area contributed by atoms with E-state index >= 15 is 0 Å². The summed E-state index contributed by atoms with van der Waals surface area (Å²) in [5.41, 5.74) is 1.50. The maximum atomic E-state index is 12.2. The molecule has 1 amide bonds. The zero-order valence-electron chi connectivity index (χ0n) is 16.0. The van der Waals surface area contributed by atoms with Gasteiger partial charge in [0.05, 0.1) is 5.69 Å². The largest absolute Gasteiger partial charge is 0.487 e. The summed E-state index contributed by atoms with van der Waals surface area (Å²) in [5, 5.41) is 2.77. The maximum absolute atomic E-state index is 12.2. The lowest BCUT2D eigenvalue weighted by Gasteiger charge is -2.10. The number of carbonyl (C=O) groups is 1. The molecule has 0 bridgehead atoms. The van der Waals surface area contributed by atoms with E-state index in [2.05, 4.69) is 10.3 Å². The molecule has 0 unspecified atom stereocenters. The van der Waals surface area contributed by atoms with E-state index in [1.165, 1.54) is 10.5 Å². The topological polar surface area (TPSA) is 81.9 Å². The van der Waals surface area contributed by atoms with Crippen LogP contribution in [0.3, 0.4) is 0 Å². The summed E-state index contributed by atoms with van der Waals surface area (Å²) in [7, 11) is 0. The van der Waals surface area contributed by atoms with Gasteiger partial charge < -0.3 is 14.8 Å². The Labute approximate surface area is 172 Å². The predicted octanol–water partition coefficient (Wildman–Crippen LogP) is 3.29. The number of ether oxygens (including phenoxy) is 2. The molecule has 150 valence electrons. The highest BCUT2D eigenvalue weighted by molar-refractivity contribution is 5.92. The fraction of sp³-hybridized carbons (Fsp3) is 0.0870. The van der Waals surface area contributed by atoms with Gasteiger partial charge in [-0.1, -0.05) is 30.3 Å². The van der Waals surface area contributed by atoms with Crippen LogP contribution in [0.25, 0.3) is 5.65 Å². The summed E-state index contributed by atoms with van der Waals surface area (Å²) < 4.78 is 12.7. The lowest BCUT2D eigenvalue weighted by molar-refractivity contribution is -0.118. The van der Waals surface area contributed by atoms with E-state index in [0.29, 0.717) is 28.5 Å². The Hall–Kier alpha value is -4.13. The fourth-order valence-corrected chi connectivity index (χ4v) is 2.86. The molecule has 0 saturated heterocycles. The highest BCUT2D eigenvalue weighted by Crippen LogP contribution is 2.18. The number of fused-ring (bicyclic) bond motifs is 1. The number of amides is 1. The van der Waals surface area contributed by atoms with Crippen LogP contribution in [-0.4, -0.2) is 21.9 Å². The summed E-state index contributed by atoms with van der Waals surface area (Å²) in [4.78, 5) is 28.7. The zero-order chi connectivity index (χ0) is 20.8. The van der Waals surface area contributed by atoms with Crippen LogP contribution in [0.4, 0.5) is 5.69 Å². The van der Waals surface area contributed by atoms with Gasteiger partial charge in [-0.3, -0.25) is 14.0 Å². The van der Waals surface area contributed by atoms with Gasteiger partial charge in [0.15, 0.2) is 6.61 Å². The van der Waals surface area contributed by atoms with Crippen LogP contribution in [0.2, 0.25) is 0 Å². The number of benzene rings is 2. The number of carbonyl (C=O) groups excluding carboxylic acids is 1. The second kappa shape index (κ2) is 8.91. The lowest BCUT2D eigenvalue weighted by Crippen LogP contribution is -2.20. The molecule has 7 heteroatoms. The number of rotatable bonds is 7. The van der Waals surface area contributed by atoms with Crippen molar-refractivity contribution in [2.75, 3.05) is 11.9 Å². The molecule has 0 atom stereocenters. The van der Waals surface area contributed by atoms with Gasteiger partial charge in [0.25, 0.3) is 11.5 Å². The van der Waals surface area contributed by atoms with Crippen molar-refractivity contribution in [3.63, 3.8) is 0 Å². The van der Waals surface area contributed by atoms with Crippen molar-refractivity contribution >= 4 is 17.2 Å². The second-order valence-electron chi connectivity index (χ2n) is 6.48. The molecule has 4 rings (SSSR count). The normalized spacial score (nSPS) is 10.5. The average Bonchev–Trinajstić information content (AvgIpc) is 2.77. The van der Waals surface area contributed by atoms with Crippen LogP contribution in [0.1, 0.15) is 5.69 Å². The molecule has 0 radical (unpaired) electrons. The average molecular weight is 401 g/mol. The van der Waals surface area contributed by atoms with Gasteiger partial charge >= 0.3 is 0 Å². The molecule has 30 heavy (non-hydrogen) atoms. The summed E-state index contributed by atoms with van der Waals surface area (Å²) in [6, 6.07) is 22.9. The highest BCUT2D eigenvalue weighted by Gasteiger charge is 2.06. The van der Waals surface area contributed by atoms with E-state index in [4.69, 9.17) is 9.47 Å². The Morgan fingerprint density at radius 2 is 1.70 bits per heavy atom. The van der Waals surface area contributed by atoms with Crippen molar-refractivity contribution in [1.82, 2.24) is 9.38 Å². The number of pyridine rings is 1. The third-order valence-corrected chi connectivity index (χ3v) is 4.24. The van der Waals surface area contributed by atoms with Gasteiger partial charge in [0.2, 0.25) is 0 Å². The first-order valence-corrected chi connectivity index (χ1v) is 9.35. The summed E-state index contributed by atoms with van der Waals surface area (Å²) >= 11 is 0. The lowest BCUT2D eigenvalue weighted by atomic mass is 10.3. The molecule has 2 heterocycles. The maximum Gasteiger partial charge on any atom is 0.262 e. The number of hydrogen-bond donors (Lipinski definition) is 1. The Morgan fingerprint density at radius 3 is 2.57 bits per heavy atom. The standard InChI is InChI=1S/C23H19N3O4/c27-22(16-30-19-8-2-1-3-9-19)25-17-7-6-10-20(13-17)29-15-18-14-23(28)26-12-5-4-11-21(26)24-18/h1-14H,15-16H2,(H,25,27). The zero-order valence-corrected chi connectivity index (χ0v) is 16.0. The van der Waals surface area contributed by atoms with E-state index in [1.54, 1.807) is 54.7 Å². The molecule has 0 saturated carbocycles. The highest BCUT2D eigenvalue weighted by atomic mass is 16.5. The van der Waals surface area contributed by atoms with Crippen LogP contribution in [-0.2, 0) is 11.4 Å². The monoisotopic (exact) mass is 401 g/mol. The Bertz CT molecular complexity index is 1220. The van der Waals surface area contributed by atoms with Crippen molar-refractivity contribution in [1.29, 1.82) is 0 Å². The summed E-state index contributed by atoms with van der Waals surface area (Å²) in [5.74, 6) is 0.899. The number of hydrogen-bond acceptors (Lipinski definition) is 5. The summed E-state index contributed by atoms with van der Waals surface area (Å²) in [6.45, 7) is 0.0369. The SMILES string of the molecule is O=C(COc1ccccc1)Nc1cccc(OCc2cc(=O)n3ccccc3n2)c1. The fourth-order valence-electron chi connectivity index (χ4n) is 2.86. The number of aromatic nitrogens is 2. The molecule has 4 aromatic rings. The minimum atomic E-state index is -0.278. The van der Waals surface area contributed by atoms with Crippen molar-refractivity contribution in [3.05, 3.63) is 101 Å². The van der Waals surface area contributed by atoms with Crippen molar-refractivity contribution < 1.29 is 14.3 Å². The van der Waals surface area contributed by atoms with Crippen LogP contribution >= 0.6 is 0 Å². The van der Waals surface area contributed by atoms with E-state index < -0.39 is 0 Å². The first-order valence-electron chi connectivity index (χ1n) is 9.35. The van der Waals surface area contributed by atoms with Crippen LogP contribution in [0.15, 0.2) is 89.9 Å². The van der Waals surface area contributed by atoms with Crippen LogP contribution < -0.4 is 20.3 Å². The van der Waals surface area contributed by atoms with Gasteiger partial charge in [-0.05, 0) is 36.4 Å². The molecule has 0 aliphatic rings. The van der Waals surface area contributed by atoms with Gasteiger partial charge in [0, 0.05) is 24.0 Å². The van der Waals surface area contributed by atoms with Crippen LogP contribution in [0.5, 0.6) is 11.5 Å². The molecule has 0 aliphatic heterocycles. The molecule has 7 nitrogen and oxygen atoms in total. The van der Waals surface area contributed by atoms with E-state index in [1.807, 2.05) is 24.3 Å². The minimum absolute atomic E-state index is 0.0972. The van der Waals surface area contributed by atoms with Gasteiger partial charge in [-0.2, -0.15) is 0 Å². The quantitative estimate of drug-likeness (QED) is 0.514. The van der Waals surface area contributed by atoms with Crippen molar-refractivity contribution in [2.24, 2.45) is 0 Å². The summed E-state index contributed by atoms with van der Waals surface area (Å²) in [6.07, 6.45) is 1.67. The molecule has 0 spiro atoms. The molecular formula is C23H19N3O4. The number of nitrogens with one attached hydrogen (secondary N) is 1. The first-order chi connectivity index (χ1) is 14.7. The second-order valence-corrected chi connectivity index (χ2v) is 6.48. The third kappa shape index (κ3) is 4.82. The molecule has 1 N–H and O–H groups in total. The number of para-hydroxylation sites is 1. The number of anilines is 1. The molecule has 0 fully saturated rings. The van der Waals surface area contributed by atoms with Crippen molar-refractivity contribution in [3.8, 4) is 11.5 Å². The Balaban J connectivity index is 1.36. The van der Waals surface area contributed by atoms with Gasteiger partial charge in [-0.25, -0.2) is 4.98 Å². The smallest absolute Gasteiger partial charge is 0.262 e. The Kier molecular flexibility index (Phi) is 5.70. The molecule has 2 aromatic carbocycles. The third-order valence-electron chi connectivity index (χ3n) is 4.24. The minimum Gasteiger partial charge on any atom is -0.487 e. The Morgan fingerprint density at radius 1 is 0.900 bits per heavy atom. The van der Waals surface area contributed by atoms with Crippen molar-refractivity contribution in [2.45, 2.75) is 6.61 Å².